The predicted octanol–water partition coefficient (Wildman–Crippen LogP) is 3.39. The SMILES string of the molecule is O=C(CBr)c1cc(O)c(Br)c(Cl)c1. The van der Waals surface area contributed by atoms with Crippen molar-refractivity contribution >= 4 is 49.2 Å². The number of halogens is 3. The van der Waals surface area contributed by atoms with E-state index in [1.807, 2.05) is 0 Å². The highest BCUT2D eigenvalue weighted by Crippen LogP contribution is 2.32. The molecule has 2 nitrogen and oxygen atoms in total. The van der Waals surface area contributed by atoms with E-state index in [-0.39, 0.29) is 16.9 Å². The molecule has 1 aromatic rings. The van der Waals surface area contributed by atoms with Gasteiger partial charge in [-0.1, -0.05) is 27.5 Å². The molecule has 0 aliphatic rings. The number of ketones is 1. The first-order valence-corrected chi connectivity index (χ1v) is 5.62. The van der Waals surface area contributed by atoms with Crippen LogP contribution in [0.3, 0.4) is 0 Å². The number of alkyl halides is 1. The zero-order chi connectivity index (χ0) is 10.0. The average Bonchev–Trinajstić information content (AvgIpc) is 2.12. The van der Waals surface area contributed by atoms with Crippen LogP contribution in [0.15, 0.2) is 16.6 Å². The lowest BCUT2D eigenvalue weighted by atomic mass is 10.1. The molecule has 0 heterocycles. The molecule has 0 saturated heterocycles. The molecule has 0 fully saturated rings. The van der Waals surface area contributed by atoms with Gasteiger partial charge in [-0.15, -0.1) is 0 Å². The Morgan fingerprint density at radius 3 is 2.62 bits per heavy atom. The molecule has 0 radical (unpaired) electrons. The third kappa shape index (κ3) is 2.45. The Labute approximate surface area is 97.2 Å². The van der Waals surface area contributed by atoms with Crippen LogP contribution < -0.4 is 0 Å². The van der Waals surface area contributed by atoms with E-state index in [1.54, 1.807) is 0 Å². The van der Waals surface area contributed by atoms with Gasteiger partial charge in [0.2, 0.25) is 0 Å². The van der Waals surface area contributed by atoms with Gasteiger partial charge in [0.15, 0.2) is 5.78 Å². The first-order chi connectivity index (χ1) is 6.06. The average molecular weight is 328 g/mol. The van der Waals surface area contributed by atoms with Crippen LogP contribution in [0.25, 0.3) is 0 Å². The molecule has 0 bridgehead atoms. The van der Waals surface area contributed by atoms with E-state index < -0.39 is 0 Å². The molecule has 1 aromatic carbocycles. The Morgan fingerprint density at radius 2 is 2.15 bits per heavy atom. The van der Waals surface area contributed by atoms with Crippen molar-refractivity contribution in [1.82, 2.24) is 0 Å². The molecule has 0 unspecified atom stereocenters. The Hall–Kier alpha value is -0.0600. The first kappa shape index (κ1) is 11.0. The summed E-state index contributed by atoms with van der Waals surface area (Å²) in [5, 5.41) is 9.86. The molecule has 0 aliphatic heterocycles. The van der Waals surface area contributed by atoms with Crippen LogP contribution in [0.2, 0.25) is 5.02 Å². The van der Waals surface area contributed by atoms with Gasteiger partial charge in [0.25, 0.3) is 0 Å². The zero-order valence-corrected chi connectivity index (χ0v) is 10.3. The number of phenols is 1. The summed E-state index contributed by atoms with van der Waals surface area (Å²) in [6.07, 6.45) is 0. The lowest BCUT2D eigenvalue weighted by Crippen LogP contribution is -1.99. The van der Waals surface area contributed by atoms with Crippen LogP contribution in [-0.4, -0.2) is 16.2 Å². The topological polar surface area (TPSA) is 37.3 Å². The molecule has 0 aliphatic carbocycles. The third-order valence-corrected chi connectivity index (χ3v) is 3.32. The molecule has 0 saturated carbocycles. The molecule has 1 N–H and O–H groups in total. The Bertz CT molecular complexity index is 329. The van der Waals surface area contributed by atoms with Gasteiger partial charge >= 0.3 is 0 Å². The molecule has 0 spiro atoms. The van der Waals surface area contributed by atoms with Crippen LogP contribution >= 0.6 is 43.5 Å². The van der Waals surface area contributed by atoms with Crippen molar-refractivity contribution in [3.05, 3.63) is 27.2 Å². The van der Waals surface area contributed by atoms with Gasteiger partial charge in [0, 0.05) is 5.56 Å². The second kappa shape index (κ2) is 4.44. The maximum absolute atomic E-state index is 11.2. The minimum Gasteiger partial charge on any atom is -0.507 e. The Balaban J connectivity index is 3.20. The summed E-state index contributed by atoms with van der Waals surface area (Å²) in [6, 6.07) is 2.88. The van der Waals surface area contributed by atoms with E-state index in [0.29, 0.717) is 15.1 Å². The number of Topliss-reactive ketones (excluding diaryl/α,β-unsaturated/α-hetero) is 1. The molecule has 13 heavy (non-hydrogen) atoms. The van der Waals surface area contributed by atoms with Gasteiger partial charge in [-0.25, -0.2) is 0 Å². The summed E-state index contributed by atoms with van der Waals surface area (Å²) >= 11 is 11.9. The summed E-state index contributed by atoms with van der Waals surface area (Å²) in [5.74, 6) is -0.151. The molecule has 5 heteroatoms. The molecular formula is C8H5Br2ClO2. The molecule has 70 valence electrons. The summed E-state index contributed by atoms with van der Waals surface area (Å²) < 4.78 is 0.403. The Morgan fingerprint density at radius 1 is 1.54 bits per heavy atom. The van der Waals surface area contributed by atoms with E-state index in [4.69, 9.17) is 11.6 Å². The minimum absolute atomic E-state index is 0.0307. The van der Waals surface area contributed by atoms with E-state index in [2.05, 4.69) is 31.9 Å². The fourth-order valence-electron chi connectivity index (χ4n) is 0.813. The highest BCUT2D eigenvalue weighted by Gasteiger charge is 2.10. The van der Waals surface area contributed by atoms with Gasteiger partial charge in [-0.3, -0.25) is 4.79 Å². The fourth-order valence-corrected chi connectivity index (χ4v) is 1.58. The van der Waals surface area contributed by atoms with Gasteiger partial charge in [-0.05, 0) is 28.1 Å². The van der Waals surface area contributed by atoms with Crippen LogP contribution in [0.5, 0.6) is 5.75 Å². The van der Waals surface area contributed by atoms with Gasteiger partial charge in [0.05, 0.1) is 14.8 Å². The van der Waals surface area contributed by atoms with Gasteiger partial charge < -0.3 is 5.11 Å². The Kier molecular flexibility index (Phi) is 3.76. The van der Waals surface area contributed by atoms with E-state index in [0.717, 1.165) is 0 Å². The molecule has 0 amide bonds. The van der Waals surface area contributed by atoms with Crippen molar-refractivity contribution in [2.45, 2.75) is 0 Å². The summed E-state index contributed by atoms with van der Waals surface area (Å²) in [7, 11) is 0. The second-order valence-electron chi connectivity index (χ2n) is 2.35. The van der Waals surface area contributed by atoms with Crippen molar-refractivity contribution in [2.75, 3.05) is 5.33 Å². The third-order valence-electron chi connectivity index (χ3n) is 1.45. The lowest BCUT2D eigenvalue weighted by Gasteiger charge is -2.02. The largest absolute Gasteiger partial charge is 0.507 e. The monoisotopic (exact) mass is 326 g/mol. The van der Waals surface area contributed by atoms with Gasteiger partial charge in [-0.2, -0.15) is 0 Å². The highest BCUT2D eigenvalue weighted by molar-refractivity contribution is 9.10. The number of phenolic OH excluding ortho intramolecular Hbond substituents is 1. The van der Waals surface area contributed by atoms with Crippen LogP contribution in [0.1, 0.15) is 10.4 Å². The number of hydrogen-bond acceptors (Lipinski definition) is 2. The number of aromatic hydroxyl groups is 1. The summed E-state index contributed by atoms with van der Waals surface area (Å²) in [4.78, 5) is 11.2. The van der Waals surface area contributed by atoms with Crippen LogP contribution in [0, 0.1) is 0 Å². The maximum Gasteiger partial charge on any atom is 0.173 e. The number of benzene rings is 1. The normalized spacial score (nSPS) is 10.1. The highest BCUT2D eigenvalue weighted by atomic mass is 79.9. The second-order valence-corrected chi connectivity index (χ2v) is 4.11. The first-order valence-electron chi connectivity index (χ1n) is 3.33. The minimum atomic E-state index is -0.121. The standard InChI is InChI=1S/C8H5Br2ClO2/c9-3-7(13)4-1-5(11)8(10)6(12)2-4/h1-2,12H,3H2. The quantitative estimate of drug-likeness (QED) is 0.667. The van der Waals surface area contributed by atoms with Crippen molar-refractivity contribution < 1.29 is 9.90 Å². The van der Waals surface area contributed by atoms with E-state index >= 15 is 0 Å². The number of carbonyl (C=O) groups is 1. The van der Waals surface area contributed by atoms with E-state index in [9.17, 15) is 9.90 Å². The van der Waals surface area contributed by atoms with Gasteiger partial charge in [0.1, 0.15) is 5.75 Å². The summed E-state index contributed by atoms with van der Waals surface area (Å²) in [5.41, 5.74) is 0.391. The zero-order valence-electron chi connectivity index (χ0n) is 6.35. The lowest BCUT2D eigenvalue weighted by molar-refractivity contribution is 0.102. The van der Waals surface area contributed by atoms with Crippen LogP contribution in [0.4, 0.5) is 0 Å². The molecule has 1 rings (SSSR count). The van der Waals surface area contributed by atoms with Crippen molar-refractivity contribution in [1.29, 1.82) is 0 Å². The van der Waals surface area contributed by atoms with Crippen LogP contribution in [-0.2, 0) is 0 Å². The summed E-state index contributed by atoms with van der Waals surface area (Å²) in [6.45, 7) is 0. The smallest absolute Gasteiger partial charge is 0.173 e. The van der Waals surface area contributed by atoms with Crippen molar-refractivity contribution in [3.63, 3.8) is 0 Å². The molecule has 0 atom stereocenters. The van der Waals surface area contributed by atoms with Crippen molar-refractivity contribution in [2.24, 2.45) is 0 Å². The van der Waals surface area contributed by atoms with Crippen molar-refractivity contribution in [3.8, 4) is 5.75 Å². The number of carbonyl (C=O) groups excluding carboxylic acids is 1. The molecular weight excluding hydrogens is 323 g/mol. The fraction of sp³-hybridized carbons (Fsp3) is 0.125. The molecule has 0 aromatic heterocycles. The number of hydrogen-bond donors (Lipinski definition) is 1. The maximum atomic E-state index is 11.2. The van der Waals surface area contributed by atoms with E-state index in [1.165, 1.54) is 12.1 Å². The predicted molar refractivity (Wildman–Crippen MR) is 58.9 cm³/mol. The number of rotatable bonds is 2.